The van der Waals surface area contributed by atoms with E-state index in [2.05, 4.69) is 24.3 Å². The molecule has 0 fully saturated rings. The molecule has 7 nitrogen and oxygen atoms in total. The molecule has 0 radical (unpaired) electrons. The molecule has 2 N–H and O–H groups in total. The van der Waals surface area contributed by atoms with Crippen molar-refractivity contribution in [2.75, 3.05) is 18.4 Å². The molecule has 0 unspecified atom stereocenters. The fourth-order valence-corrected chi connectivity index (χ4v) is 1.87. The van der Waals surface area contributed by atoms with Crippen molar-refractivity contribution >= 4 is 17.7 Å². The average Bonchev–Trinajstić information content (AvgIpc) is 2.85. The molecule has 7 heteroatoms. The highest BCUT2D eigenvalue weighted by atomic mass is 16.4. The van der Waals surface area contributed by atoms with Crippen molar-refractivity contribution < 1.29 is 14.7 Å². The lowest BCUT2D eigenvalue weighted by molar-refractivity contribution is -0.137. The normalized spacial score (nSPS) is 10.4. The smallest absolute Gasteiger partial charge is 0.325 e. The molecule has 0 aliphatic carbocycles. The number of unbranched alkanes of at least 4 members (excludes halogenated alkanes) is 2. The van der Waals surface area contributed by atoms with E-state index in [1.54, 1.807) is 4.90 Å². The Morgan fingerprint density at radius 3 is 2.43 bits per heavy atom. The van der Waals surface area contributed by atoms with Crippen molar-refractivity contribution in [3.63, 3.8) is 0 Å². The van der Waals surface area contributed by atoms with Crippen LogP contribution in [-0.4, -0.2) is 44.9 Å². The van der Waals surface area contributed by atoms with Gasteiger partial charge in [0, 0.05) is 19.3 Å². The molecule has 1 aromatic rings. The zero-order valence-electron chi connectivity index (χ0n) is 12.7. The lowest BCUT2D eigenvalue weighted by Gasteiger charge is -2.22. The van der Waals surface area contributed by atoms with Crippen LogP contribution in [0.1, 0.15) is 39.5 Å². The van der Waals surface area contributed by atoms with Crippen LogP contribution in [0.5, 0.6) is 0 Å². The first-order chi connectivity index (χ1) is 10.1. The van der Waals surface area contributed by atoms with Gasteiger partial charge in [0.2, 0.25) is 0 Å². The van der Waals surface area contributed by atoms with Crippen molar-refractivity contribution in [1.29, 1.82) is 0 Å². The maximum Gasteiger partial charge on any atom is 0.325 e. The Morgan fingerprint density at radius 1 is 1.29 bits per heavy atom. The summed E-state index contributed by atoms with van der Waals surface area (Å²) in [5.74, 6) is -0.969. The number of carboxylic acid groups (broad SMARTS) is 1. The highest BCUT2D eigenvalue weighted by Gasteiger charge is 2.13. The molecule has 118 valence electrons. The molecule has 21 heavy (non-hydrogen) atoms. The summed E-state index contributed by atoms with van der Waals surface area (Å²) >= 11 is 0. The molecule has 1 rings (SSSR count). The minimum Gasteiger partial charge on any atom is -0.480 e. The minimum absolute atomic E-state index is 0.160. The minimum atomic E-state index is -0.969. The summed E-state index contributed by atoms with van der Waals surface area (Å²) in [5.41, 5.74) is 0.513. The molecule has 0 saturated heterocycles. The Hall–Kier alpha value is -2.05. The molecule has 0 aliphatic heterocycles. The van der Waals surface area contributed by atoms with Gasteiger partial charge in [-0.2, -0.15) is 5.10 Å². The molecule has 1 heterocycles. The number of nitrogens with one attached hydrogen (secondary N) is 1. The average molecular weight is 296 g/mol. The van der Waals surface area contributed by atoms with Crippen LogP contribution < -0.4 is 5.32 Å². The Labute approximate surface area is 124 Å². The van der Waals surface area contributed by atoms with E-state index in [-0.39, 0.29) is 12.6 Å². The molecule has 0 bridgehead atoms. The van der Waals surface area contributed by atoms with E-state index in [0.29, 0.717) is 5.69 Å². The molecule has 0 atom stereocenters. The highest BCUT2D eigenvalue weighted by Crippen LogP contribution is 2.08. The first-order valence-electron chi connectivity index (χ1n) is 7.37. The van der Waals surface area contributed by atoms with Gasteiger partial charge in [-0.05, 0) is 12.8 Å². The Morgan fingerprint density at radius 2 is 1.90 bits per heavy atom. The predicted octanol–water partition coefficient (Wildman–Crippen LogP) is 2.40. The van der Waals surface area contributed by atoms with Crippen LogP contribution in [-0.2, 0) is 11.3 Å². The summed E-state index contributed by atoms with van der Waals surface area (Å²) in [6, 6.07) is -0.160. The van der Waals surface area contributed by atoms with Crippen LogP contribution in [0.25, 0.3) is 0 Å². The van der Waals surface area contributed by atoms with Gasteiger partial charge in [0.15, 0.2) is 0 Å². The number of anilines is 1. The van der Waals surface area contributed by atoms with E-state index in [0.717, 1.165) is 38.8 Å². The second-order valence-electron chi connectivity index (χ2n) is 4.94. The summed E-state index contributed by atoms with van der Waals surface area (Å²) in [6.07, 6.45) is 6.98. The number of aliphatic carboxylic acids is 1. The fraction of sp³-hybridized carbons (Fsp3) is 0.643. The SMILES string of the molecule is CCCCN(CCCC)C(=O)Nc1cnn(CC(=O)O)c1. The van der Waals surface area contributed by atoms with Gasteiger partial charge < -0.3 is 15.3 Å². The molecular weight excluding hydrogens is 272 g/mol. The Balaban J connectivity index is 2.58. The Kier molecular flexibility index (Phi) is 7.28. The number of amides is 2. The van der Waals surface area contributed by atoms with Crippen LogP contribution in [0.4, 0.5) is 10.5 Å². The molecule has 2 amide bonds. The molecule has 0 aliphatic rings. The number of carbonyl (C=O) groups is 2. The van der Waals surface area contributed by atoms with Gasteiger partial charge in [0.25, 0.3) is 0 Å². The summed E-state index contributed by atoms with van der Waals surface area (Å²) in [6.45, 7) is 5.42. The third kappa shape index (κ3) is 6.29. The second-order valence-corrected chi connectivity index (χ2v) is 4.94. The van der Waals surface area contributed by atoms with Gasteiger partial charge in [-0.25, -0.2) is 4.79 Å². The van der Waals surface area contributed by atoms with Crippen LogP contribution in [0.15, 0.2) is 12.4 Å². The summed E-state index contributed by atoms with van der Waals surface area (Å²) in [7, 11) is 0. The number of carbonyl (C=O) groups excluding carboxylic acids is 1. The molecule has 1 aromatic heterocycles. The van der Waals surface area contributed by atoms with Gasteiger partial charge >= 0.3 is 12.0 Å². The second kappa shape index (κ2) is 8.99. The maximum absolute atomic E-state index is 12.2. The van der Waals surface area contributed by atoms with Crippen molar-refractivity contribution in [3.05, 3.63) is 12.4 Å². The number of aromatic nitrogens is 2. The monoisotopic (exact) mass is 296 g/mol. The van der Waals surface area contributed by atoms with Crippen molar-refractivity contribution in [1.82, 2.24) is 14.7 Å². The quantitative estimate of drug-likeness (QED) is 0.732. The van der Waals surface area contributed by atoms with E-state index in [1.165, 1.54) is 17.1 Å². The third-order valence-corrected chi connectivity index (χ3v) is 3.03. The first kappa shape index (κ1) is 17.0. The van der Waals surface area contributed by atoms with Gasteiger partial charge in [0.05, 0.1) is 11.9 Å². The van der Waals surface area contributed by atoms with Crippen molar-refractivity contribution in [3.8, 4) is 0 Å². The lowest BCUT2D eigenvalue weighted by Crippen LogP contribution is -2.36. The van der Waals surface area contributed by atoms with E-state index in [1.807, 2.05) is 0 Å². The highest BCUT2D eigenvalue weighted by molar-refractivity contribution is 5.89. The number of nitrogens with zero attached hydrogens (tertiary/aromatic N) is 3. The van der Waals surface area contributed by atoms with E-state index in [4.69, 9.17) is 5.11 Å². The standard InChI is InChI=1S/C14H24N4O3/c1-3-5-7-17(8-6-4-2)14(21)16-12-9-15-18(10-12)11-13(19)20/h9-10H,3-8,11H2,1-2H3,(H,16,21)(H,19,20). The van der Waals surface area contributed by atoms with Crippen LogP contribution in [0.3, 0.4) is 0 Å². The van der Waals surface area contributed by atoms with Gasteiger partial charge in [-0.1, -0.05) is 26.7 Å². The number of hydrogen-bond donors (Lipinski definition) is 2. The summed E-state index contributed by atoms with van der Waals surface area (Å²) in [4.78, 5) is 24.6. The summed E-state index contributed by atoms with van der Waals surface area (Å²) < 4.78 is 1.28. The van der Waals surface area contributed by atoms with Gasteiger partial charge in [-0.3, -0.25) is 9.48 Å². The molecule has 0 aromatic carbocycles. The maximum atomic E-state index is 12.2. The van der Waals surface area contributed by atoms with E-state index < -0.39 is 5.97 Å². The fourth-order valence-electron chi connectivity index (χ4n) is 1.87. The number of hydrogen-bond acceptors (Lipinski definition) is 3. The summed E-state index contributed by atoms with van der Waals surface area (Å²) in [5, 5.41) is 15.3. The van der Waals surface area contributed by atoms with Crippen LogP contribution in [0, 0.1) is 0 Å². The molecular formula is C14H24N4O3. The van der Waals surface area contributed by atoms with Gasteiger partial charge in [0.1, 0.15) is 6.54 Å². The van der Waals surface area contributed by atoms with E-state index >= 15 is 0 Å². The van der Waals surface area contributed by atoms with Crippen molar-refractivity contribution in [2.24, 2.45) is 0 Å². The van der Waals surface area contributed by atoms with Crippen LogP contribution in [0.2, 0.25) is 0 Å². The van der Waals surface area contributed by atoms with Crippen molar-refractivity contribution in [2.45, 2.75) is 46.1 Å². The largest absolute Gasteiger partial charge is 0.480 e. The number of rotatable bonds is 9. The third-order valence-electron chi connectivity index (χ3n) is 3.03. The zero-order valence-corrected chi connectivity index (χ0v) is 12.7. The predicted molar refractivity (Wildman–Crippen MR) is 80.3 cm³/mol. The zero-order chi connectivity index (χ0) is 15.7. The van der Waals surface area contributed by atoms with Gasteiger partial charge in [-0.15, -0.1) is 0 Å². The van der Waals surface area contributed by atoms with Crippen LogP contribution >= 0.6 is 0 Å². The first-order valence-corrected chi connectivity index (χ1v) is 7.37. The molecule has 0 spiro atoms. The lowest BCUT2D eigenvalue weighted by atomic mass is 10.3. The Bertz CT molecular complexity index is 451. The number of urea groups is 1. The molecule has 0 saturated carbocycles. The van der Waals surface area contributed by atoms with E-state index in [9.17, 15) is 9.59 Å². The topological polar surface area (TPSA) is 87.5 Å². The number of carboxylic acids is 1.